The predicted octanol–water partition coefficient (Wildman–Crippen LogP) is 3.91. The Hall–Kier alpha value is -2.21. The van der Waals surface area contributed by atoms with Crippen LogP contribution < -0.4 is 14.2 Å². The van der Waals surface area contributed by atoms with Crippen LogP contribution in [0, 0.1) is 6.92 Å². The largest absolute Gasteiger partial charge is 0.493 e. The van der Waals surface area contributed by atoms with Crippen molar-refractivity contribution in [1.82, 2.24) is 10.1 Å². The maximum atomic E-state index is 5.65. The van der Waals surface area contributed by atoms with Crippen molar-refractivity contribution in [2.75, 3.05) is 27.9 Å². The highest BCUT2D eigenvalue weighted by Gasteiger charge is 2.32. The fourth-order valence-corrected chi connectivity index (χ4v) is 3.95. The number of hydrogen-bond acceptors (Lipinski definition) is 6. The molecule has 0 unspecified atom stereocenters. The van der Waals surface area contributed by atoms with E-state index >= 15 is 0 Å². The molecule has 1 aliphatic heterocycles. The third kappa shape index (κ3) is 3.26. The molecule has 0 bridgehead atoms. The number of likely N-dealkylation sites (tertiary alicyclic amines) is 1. The number of ether oxygens (including phenoxy) is 3. The van der Waals surface area contributed by atoms with Crippen molar-refractivity contribution < 1.29 is 18.7 Å². The molecule has 142 valence electrons. The smallest absolute Gasteiger partial charge is 0.203 e. The number of aryl methyl sites for hydroxylation is 2. The van der Waals surface area contributed by atoms with E-state index in [4.69, 9.17) is 18.7 Å². The Kier molecular flexibility index (Phi) is 5.71. The molecule has 1 atom stereocenters. The lowest BCUT2D eigenvalue weighted by atomic mass is 10.0. The van der Waals surface area contributed by atoms with Gasteiger partial charge in [-0.3, -0.25) is 4.90 Å². The summed E-state index contributed by atoms with van der Waals surface area (Å²) in [6.07, 6.45) is 3.14. The molecular weight excluding hydrogens is 332 g/mol. The summed E-state index contributed by atoms with van der Waals surface area (Å²) in [4.78, 5) is 2.47. The molecule has 1 aromatic heterocycles. The summed E-state index contributed by atoms with van der Waals surface area (Å²) < 4.78 is 22.1. The van der Waals surface area contributed by atoms with Crippen LogP contribution in [0.3, 0.4) is 0 Å². The van der Waals surface area contributed by atoms with E-state index in [9.17, 15) is 0 Å². The van der Waals surface area contributed by atoms with Crippen molar-refractivity contribution in [3.63, 3.8) is 0 Å². The van der Waals surface area contributed by atoms with Crippen LogP contribution in [-0.2, 0) is 13.0 Å². The molecule has 6 nitrogen and oxygen atoms in total. The van der Waals surface area contributed by atoms with Crippen LogP contribution in [0.25, 0.3) is 0 Å². The Labute approximate surface area is 155 Å². The molecule has 26 heavy (non-hydrogen) atoms. The van der Waals surface area contributed by atoms with Gasteiger partial charge in [-0.2, -0.15) is 0 Å². The molecule has 0 aliphatic carbocycles. The second kappa shape index (κ2) is 7.99. The summed E-state index contributed by atoms with van der Waals surface area (Å²) >= 11 is 0. The minimum atomic E-state index is 0.328. The van der Waals surface area contributed by atoms with E-state index in [0.717, 1.165) is 55.1 Å². The quantitative estimate of drug-likeness (QED) is 0.746. The number of aromatic nitrogens is 1. The average Bonchev–Trinajstić information content (AvgIpc) is 3.26. The van der Waals surface area contributed by atoms with Crippen LogP contribution in [-0.4, -0.2) is 37.9 Å². The molecule has 3 rings (SSSR count). The molecule has 1 aromatic carbocycles. The van der Waals surface area contributed by atoms with Crippen LogP contribution in [0.4, 0.5) is 0 Å². The zero-order valence-corrected chi connectivity index (χ0v) is 16.3. The zero-order valence-electron chi connectivity index (χ0n) is 16.3. The molecule has 0 amide bonds. The zero-order chi connectivity index (χ0) is 18.7. The van der Waals surface area contributed by atoms with Gasteiger partial charge in [-0.25, -0.2) is 0 Å². The molecule has 2 heterocycles. The van der Waals surface area contributed by atoms with Gasteiger partial charge in [0.25, 0.3) is 0 Å². The Bertz CT molecular complexity index is 757. The fraction of sp³-hybridized carbons (Fsp3) is 0.550. The summed E-state index contributed by atoms with van der Waals surface area (Å²) in [5, 5.41) is 4.19. The number of rotatable bonds is 7. The van der Waals surface area contributed by atoms with Crippen LogP contribution >= 0.6 is 0 Å². The monoisotopic (exact) mass is 360 g/mol. The van der Waals surface area contributed by atoms with Crippen molar-refractivity contribution in [1.29, 1.82) is 0 Å². The lowest BCUT2D eigenvalue weighted by Crippen LogP contribution is -2.24. The SMILES string of the molecule is CCc1onc(C)c1[C@H]1CCCN1Cc1ccc(OC)c(OC)c1OC. The highest BCUT2D eigenvalue weighted by molar-refractivity contribution is 5.55. The molecule has 0 spiro atoms. The van der Waals surface area contributed by atoms with E-state index in [0.29, 0.717) is 17.5 Å². The first-order chi connectivity index (χ1) is 12.6. The van der Waals surface area contributed by atoms with Gasteiger partial charge in [0, 0.05) is 30.1 Å². The Morgan fingerprint density at radius 1 is 1.15 bits per heavy atom. The van der Waals surface area contributed by atoms with Crippen molar-refractivity contribution in [3.8, 4) is 17.2 Å². The molecule has 2 aromatic rings. The summed E-state index contributed by atoms with van der Waals surface area (Å²) in [5.41, 5.74) is 3.34. The van der Waals surface area contributed by atoms with Crippen LogP contribution in [0.15, 0.2) is 16.7 Å². The predicted molar refractivity (Wildman–Crippen MR) is 99.1 cm³/mol. The van der Waals surface area contributed by atoms with E-state index in [-0.39, 0.29) is 0 Å². The number of methoxy groups -OCH3 is 3. The van der Waals surface area contributed by atoms with Gasteiger partial charge >= 0.3 is 0 Å². The minimum absolute atomic E-state index is 0.328. The average molecular weight is 360 g/mol. The molecule has 1 aliphatic rings. The molecule has 0 N–H and O–H groups in total. The van der Waals surface area contributed by atoms with Gasteiger partial charge in [-0.1, -0.05) is 18.1 Å². The third-order valence-corrected chi connectivity index (χ3v) is 5.16. The van der Waals surface area contributed by atoms with Gasteiger partial charge in [0.15, 0.2) is 11.5 Å². The maximum absolute atomic E-state index is 5.65. The van der Waals surface area contributed by atoms with Crippen molar-refractivity contribution in [2.24, 2.45) is 0 Å². The van der Waals surface area contributed by atoms with E-state index in [1.165, 1.54) is 5.56 Å². The van der Waals surface area contributed by atoms with Gasteiger partial charge in [0.1, 0.15) is 5.76 Å². The normalized spacial score (nSPS) is 17.5. The van der Waals surface area contributed by atoms with Gasteiger partial charge in [-0.15, -0.1) is 0 Å². The van der Waals surface area contributed by atoms with E-state index in [1.807, 2.05) is 13.0 Å². The highest BCUT2D eigenvalue weighted by Crippen LogP contribution is 2.42. The Morgan fingerprint density at radius 2 is 1.92 bits per heavy atom. The first kappa shape index (κ1) is 18.6. The lowest BCUT2D eigenvalue weighted by molar-refractivity contribution is 0.239. The molecule has 6 heteroatoms. The topological polar surface area (TPSA) is 57.0 Å². The van der Waals surface area contributed by atoms with Crippen molar-refractivity contribution >= 4 is 0 Å². The second-order valence-electron chi connectivity index (χ2n) is 6.58. The molecule has 1 fully saturated rings. The Morgan fingerprint density at radius 3 is 2.58 bits per heavy atom. The van der Waals surface area contributed by atoms with E-state index in [1.54, 1.807) is 21.3 Å². The number of nitrogens with zero attached hydrogens (tertiary/aromatic N) is 2. The summed E-state index contributed by atoms with van der Waals surface area (Å²) in [7, 11) is 4.94. The summed E-state index contributed by atoms with van der Waals surface area (Å²) in [6, 6.07) is 4.31. The fourth-order valence-electron chi connectivity index (χ4n) is 3.95. The molecule has 0 radical (unpaired) electrons. The number of hydrogen-bond donors (Lipinski definition) is 0. The minimum Gasteiger partial charge on any atom is -0.493 e. The second-order valence-corrected chi connectivity index (χ2v) is 6.58. The lowest BCUT2D eigenvalue weighted by Gasteiger charge is -2.26. The highest BCUT2D eigenvalue weighted by atomic mass is 16.5. The molecule has 0 saturated carbocycles. The standard InChI is InChI=1S/C20H28N2O4/c1-6-16-18(13(2)21-26-16)15-8-7-11-22(15)12-14-9-10-17(23-3)20(25-5)19(14)24-4/h9-10,15H,6-8,11-12H2,1-5H3/t15-/m1/s1. The summed E-state index contributed by atoms with van der Waals surface area (Å²) in [6.45, 7) is 5.96. The van der Waals surface area contributed by atoms with Crippen molar-refractivity contribution in [3.05, 3.63) is 34.7 Å². The van der Waals surface area contributed by atoms with Crippen LogP contribution in [0.5, 0.6) is 17.2 Å². The van der Waals surface area contributed by atoms with Crippen molar-refractivity contribution in [2.45, 2.75) is 45.7 Å². The third-order valence-electron chi connectivity index (χ3n) is 5.16. The van der Waals surface area contributed by atoms with E-state index in [2.05, 4.69) is 23.0 Å². The van der Waals surface area contributed by atoms with Gasteiger partial charge in [0.2, 0.25) is 5.75 Å². The van der Waals surface area contributed by atoms with Gasteiger partial charge in [-0.05, 0) is 32.4 Å². The Balaban J connectivity index is 1.92. The molecular formula is C20H28N2O4. The molecule has 1 saturated heterocycles. The van der Waals surface area contributed by atoms with Gasteiger partial charge in [0.05, 0.1) is 27.0 Å². The van der Waals surface area contributed by atoms with Gasteiger partial charge < -0.3 is 18.7 Å². The van der Waals surface area contributed by atoms with Crippen LogP contribution in [0.2, 0.25) is 0 Å². The first-order valence-corrected chi connectivity index (χ1v) is 9.11. The maximum Gasteiger partial charge on any atom is 0.203 e. The van der Waals surface area contributed by atoms with E-state index < -0.39 is 0 Å². The first-order valence-electron chi connectivity index (χ1n) is 9.11. The van der Waals surface area contributed by atoms with Crippen LogP contribution in [0.1, 0.15) is 48.4 Å². The number of benzene rings is 1. The summed E-state index contributed by atoms with van der Waals surface area (Å²) in [5.74, 6) is 3.04.